The molecule has 0 radical (unpaired) electrons. The standard InChI is InChI=1S/C8H8BrF2NO/c9-5-3-4(1-2-6(5)13)7(12)8(10)11/h1-3,7-8,13H,12H2/t7-/m0/s1. The minimum atomic E-state index is -2.60. The highest BCUT2D eigenvalue weighted by atomic mass is 79.9. The van der Waals surface area contributed by atoms with E-state index in [1.54, 1.807) is 0 Å². The lowest BCUT2D eigenvalue weighted by Crippen LogP contribution is -2.18. The first-order valence-corrected chi connectivity index (χ1v) is 4.34. The van der Waals surface area contributed by atoms with Crippen molar-refractivity contribution in [2.24, 2.45) is 5.73 Å². The summed E-state index contributed by atoms with van der Waals surface area (Å²) in [7, 11) is 0. The van der Waals surface area contributed by atoms with Crippen molar-refractivity contribution in [2.45, 2.75) is 12.5 Å². The summed E-state index contributed by atoms with van der Waals surface area (Å²) in [4.78, 5) is 0. The Morgan fingerprint density at radius 1 is 1.38 bits per heavy atom. The first kappa shape index (κ1) is 10.4. The fourth-order valence-electron chi connectivity index (χ4n) is 0.876. The summed E-state index contributed by atoms with van der Waals surface area (Å²) in [5, 5.41) is 9.09. The van der Waals surface area contributed by atoms with Gasteiger partial charge in [-0.15, -0.1) is 0 Å². The number of phenols is 1. The van der Waals surface area contributed by atoms with Crippen molar-refractivity contribution in [1.82, 2.24) is 0 Å². The van der Waals surface area contributed by atoms with Crippen molar-refractivity contribution in [2.75, 3.05) is 0 Å². The second-order valence-corrected chi connectivity index (χ2v) is 3.43. The maximum absolute atomic E-state index is 12.1. The topological polar surface area (TPSA) is 46.2 Å². The van der Waals surface area contributed by atoms with Crippen LogP contribution in [-0.2, 0) is 0 Å². The normalized spacial score (nSPS) is 13.3. The van der Waals surface area contributed by atoms with Crippen LogP contribution in [0.4, 0.5) is 8.78 Å². The molecule has 0 saturated heterocycles. The Labute approximate surface area is 82.5 Å². The fraction of sp³-hybridized carbons (Fsp3) is 0.250. The van der Waals surface area contributed by atoms with Gasteiger partial charge in [0.25, 0.3) is 6.43 Å². The predicted molar refractivity (Wildman–Crippen MR) is 48.7 cm³/mol. The van der Waals surface area contributed by atoms with Crippen LogP contribution in [0.25, 0.3) is 0 Å². The third-order valence-corrected chi connectivity index (χ3v) is 2.26. The number of phenolic OH excluding ortho intramolecular Hbond substituents is 1. The molecule has 0 aromatic heterocycles. The van der Waals surface area contributed by atoms with Gasteiger partial charge in [0.2, 0.25) is 0 Å². The molecule has 0 bridgehead atoms. The number of hydrogen-bond acceptors (Lipinski definition) is 2. The van der Waals surface area contributed by atoms with E-state index < -0.39 is 12.5 Å². The Bertz CT molecular complexity index is 306. The van der Waals surface area contributed by atoms with Crippen LogP contribution in [0.1, 0.15) is 11.6 Å². The van der Waals surface area contributed by atoms with Crippen LogP contribution < -0.4 is 5.73 Å². The summed E-state index contributed by atoms with van der Waals surface area (Å²) in [5.74, 6) is 0.00483. The van der Waals surface area contributed by atoms with E-state index in [2.05, 4.69) is 15.9 Å². The average molecular weight is 252 g/mol. The van der Waals surface area contributed by atoms with Crippen LogP contribution in [0.3, 0.4) is 0 Å². The van der Waals surface area contributed by atoms with E-state index in [9.17, 15) is 8.78 Å². The van der Waals surface area contributed by atoms with Crippen molar-refractivity contribution in [3.63, 3.8) is 0 Å². The van der Waals surface area contributed by atoms with Gasteiger partial charge in [0.1, 0.15) is 5.75 Å². The van der Waals surface area contributed by atoms with Gasteiger partial charge in [0, 0.05) is 0 Å². The molecule has 0 aliphatic rings. The minimum absolute atomic E-state index is 0.00483. The van der Waals surface area contributed by atoms with Gasteiger partial charge in [-0.05, 0) is 33.6 Å². The van der Waals surface area contributed by atoms with Gasteiger partial charge in [-0.2, -0.15) is 0 Å². The third kappa shape index (κ3) is 2.38. The van der Waals surface area contributed by atoms with Crippen LogP contribution in [0, 0.1) is 0 Å². The van der Waals surface area contributed by atoms with Crippen molar-refractivity contribution < 1.29 is 13.9 Å². The first-order valence-electron chi connectivity index (χ1n) is 3.54. The number of aromatic hydroxyl groups is 1. The van der Waals surface area contributed by atoms with Gasteiger partial charge in [-0.25, -0.2) is 8.78 Å². The maximum Gasteiger partial charge on any atom is 0.257 e. The Morgan fingerprint density at radius 2 is 2.00 bits per heavy atom. The molecular formula is C8H8BrF2NO. The van der Waals surface area contributed by atoms with Gasteiger partial charge in [0.05, 0.1) is 10.5 Å². The SMILES string of the molecule is N[C@@H](c1ccc(O)c(Br)c1)C(F)F. The Balaban J connectivity index is 2.97. The second kappa shape index (κ2) is 4.02. The molecule has 0 spiro atoms. The summed E-state index contributed by atoms with van der Waals surface area (Å²) in [5.41, 5.74) is 5.50. The summed E-state index contributed by atoms with van der Waals surface area (Å²) in [6.45, 7) is 0. The van der Waals surface area contributed by atoms with Crippen LogP contribution in [-0.4, -0.2) is 11.5 Å². The lowest BCUT2D eigenvalue weighted by atomic mass is 10.1. The highest BCUT2D eigenvalue weighted by molar-refractivity contribution is 9.10. The maximum atomic E-state index is 12.1. The van der Waals surface area contributed by atoms with Crippen molar-refractivity contribution >= 4 is 15.9 Å². The molecule has 1 atom stereocenters. The number of halogens is 3. The van der Waals surface area contributed by atoms with Gasteiger partial charge in [-0.3, -0.25) is 0 Å². The average Bonchev–Trinajstić information content (AvgIpc) is 2.08. The monoisotopic (exact) mass is 251 g/mol. The summed E-state index contributed by atoms with van der Waals surface area (Å²) >= 11 is 3.01. The molecule has 0 aliphatic carbocycles. The zero-order valence-electron chi connectivity index (χ0n) is 6.55. The number of hydrogen-bond donors (Lipinski definition) is 2. The van der Waals surface area contributed by atoms with Gasteiger partial charge in [0.15, 0.2) is 0 Å². The molecule has 5 heteroatoms. The quantitative estimate of drug-likeness (QED) is 0.848. The smallest absolute Gasteiger partial charge is 0.257 e. The molecule has 72 valence electrons. The number of nitrogens with two attached hydrogens (primary N) is 1. The molecule has 0 heterocycles. The highest BCUT2D eigenvalue weighted by Crippen LogP contribution is 2.28. The van der Waals surface area contributed by atoms with E-state index in [0.29, 0.717) is 10.0 Å². The van der Waals surface area contributed by atoms with E-state index in [-0.39, 0.29) is 5.75 Å². The third-order valence-electron chi connectivity index (χ3n) is 1.63. The van der Waals surface area contributed by atoms with Crippen molar-refractivity contribution in [3.8, 4) is 5.75 Å². The van der Waals surface area contributed by atoms with Gasteiger partial charge >= 0.3 is 0 Å². The number of rotatable bonds is 2. The van der Waals surface area contributed by atoms with E-state index in [1.807, 2.05) is 0 Å². The van der Waals surface area contributed by atoms with Crippen LogP contribution in [0.15, 0.2) is 22.7 Å². The molecule has 3 N–H and O–H groups in total. The second-order valence-electron chi connectivity index (χ2n) is 2.57. The van der Waals surface area contributed by atoms with Crippen molar-refractivity contribution in [1.29, 1.82) is 0 Å². The zero-order chi connectivity index (χ0) is 10.0. The van der Waals surface area contributed by atoms with E-state index in [0.717, 1.165) is 0 Å². The van der Waals surface area contributed by atoms with Gasteiger partial charge < -0.3 is 10.8 Å². The summed E-state index contributed by atoms with van der Waals surface area (Å²) < 4.78 is 24.6. The molecule has 0 fully saturated rings. The lowest BCUT2D eigenvalue weighted by molar-refractivity contribution is 0.116. The largest absolute Gasteiger partial charge is 0.507 e. The number of alkyl halides is 2. The first-order chi connectivity index (χ1) is 6.02. The van der Waals surface area contributed by atoms with E-state index in [1.165, 1.54) is 18.2 Å². The predicted octanol–water partition coefficient (Wildman–Crippen LogP) is 2.42. The molecule has 0 unspecified atom stereocenters. The Morgan fingerprint density at radius 3 is 2.46 bits per heavy atom. The number of benzene rings is 1. The minimum Gasteiger partial charge on any atom is -0.507 e. The highest BCUT2D eigenvalue weighted by Gasteiger charge is 2.17. The van der Waals surface area contributed by atoms with Crippen LogP contribution >= 0.6 is 15.9 Å². The van der Waals surface area contributed by atoms with Crippen LogP contribution in [0.5, 0.6) is 5.75 Å². The zero-order valence-corrected chi connectivity index (χ0v) is 8.13. The molecule has 1 aromatic carbocycles. The molecule has 13 heavy (non-hydrogen) atoms. The molecule has 2 nitrogen and oxygen atoms in total. The summed E-state index contributed by atoms with van der Waals surface area (Å²) in [6.07, 6.45) is -2.60. The molecule has 0 amide bonds. The van der Waals surface area contributed by atoms with E-state index in [4.69, 9.17) is 10.8 Å². The Hall–Kier alpha value is -0.680. The molecular weight excluding hydrogens is 244 g/mol. The molecule has 1 rings (SSSR count). The fourth-order valence-corrected chi connectivity index (χ4v) is 1.27. The lowest BCUT2D eigenvalue weighted by Gasteiger charge is -2.11. The van der Waals surface area contributed by atoms with E-state index >= 15 is 0 Å². The van der Waals surface area contributed by atoms with Crippen molar-refractivity contribution in [3.05, 3.63) is 28.2 Å². The molecule has 1 aromatic rings. The molecule has 0 aliphatic heterocycles. The van der Waals surface area contributed by atoms with Crippen LogP contribution in [0.2, 0.25) is 0 Å². The molecule has 0 saturated carbocycles. The summed E-state index contributed by atoms with van der Waals surface area (Å²) in [6, 6.07) is 2.77. The van der Waals surface area contributed by atoms with Gasteiger partial charge in [-0.1, -0.05) is 6.07 Å². The Kier molecular flexibility index (Phi) is 3.22.